The fourth-order valence-corrected chi connectivity index (χ4v) is 5.79. The molecule has 1 fully saturated rings. The van der Waals surface area contributed by atoms with Gasteiger partial charge in [0.15, 0.2) is 0 Å². The number of nitrogens with one attached hydrogen (secondary N) is 1. The summed E-state index contributed by atoms with van der Waals surface area (Å²) in [6, 6.07) is 10.1. The number of non-ortho nitro benzene ring substituents is 1. The van der Waals surface area contributed by atoms with E-state index in [-0.39, 0.29) is 33.7 Å². The Labute approximate surface area is 176 Å². The zero-order valence-electron chi connectivity index (χ0n) is 17.2. The number of nitro groups is 1. The predicted molar refractivity (Wildman–Crippen MR) is 114 cm³/mol. The Morgan fingerprint density at radius 1 is 1.13 bits per heavy atom. The van der Waals surface area contributed by atoms with Crippen molar-refractivity contribution in [2.24, 2.45) is 11.8 Å². The number of benzene rings is 2. The zero-order chi connectivity index (χ0) is 22.1. The van der Waals surface area contributed by atoms with E-state index in [0.29, 0.717) is 18.7 Å². The summed E-state index contributed by atoms with van der Waals surface area (Å²) in [4.78, 5) is 23.2. The maximum absolute atomic E-state index is 13.3. The molecule has 1 heterocycles. The molecule has 9 heteroatoms. The first-order valence-electron chi connectivity index (χ1n) is 9.74. The SMILES string of the molecule is Cc1ccc(C(=O)Nc2cccc([N+](=O)[O-])c2)cc1S(=O)(=O)N1C[C@@H](C)C[C@H](C)C1. The van der Waals surface area contributed by atoms with Gasteiger partial charge in [-0.15, -0.1) is 0 Å². The van der Waals surface area contributed by atoms with Crippen molar-refractivity contribution in [2.75, 3.05) is 18.4 Å². The molecule has 0 aliphatic carbocycles. The van der Waals surface area contributed by atoms with Gasteiger partial charge < -0.3 is 5.32 Å². The number of piperidine rings is 1. The number of nitro benzene ring substituents is 1. The van der Waals surface area contributed by atoms with Crippen LogP contribution in [0.1, 0.15) is 36.2 Å². The van der Waals surface area contributed by atoms with Crippen molar-refractivity contribution in [3.8, 4) is 0 Å². The molecule has 0 saturated carbocycles. The number of amides is 1. The van der Waals surface area contributed by atoms with E-state index in [4.69, 9.17) is 0 Å². The summed E-state index contributed by atoms with van der Waals surface area (Å²) in [7, 11) is -3.74. The third-order valence-electron chi connectivity index (χ3n) is 5.22. The van der Waals surface area contributed by atoms with Gasteiger partial charge in [-0.3, -0.25) is 14.9 Å². The van der Waals surface area contributed by atoms with Gasteiger partial charge in [0.2, 0.25) is 10.0 Å². The highest BCUT2D eigenvalue weighted by molar-refractivity contribution is 7.89. The molecule has 0 bridgehead atoms. The minimum absolute atomic E-state index is 0.107. The van der Waals surface area contributed by atoms with Gasteiger partial charge in [-0.2, -0.15) is 4.31 Å². The van der Waals surface area contributed by atoms with Crippen LogP contribution in [-0.2, 0) is 10.0 Å². The summed E-state index contributed by atoms with van der Waals surface area (Å²) in [6.45, 7) is 6.68. The Bertz CT molecular complexity index is 1070. The highest BCUT2D eigenvalue weighted by atomic mass is 32.2. The molecule has 0 spiro atoms. The van der Waals surface area contributed by atoms with Crippen LogP contribution in [0.2, 0.25) is 0 Å². The monoisotopic (exact) mass is 431 g/mol. The Morgan fingerprint density at radius 3 is 2.43 bits per heavy atom. The first-order valence-corrected chi connectivity index (χ1v) is 11.2. The fraction of sp³-hybridized carbons (Fsp3) is 0.381. The molecule has 0 aromatic heterocycles. The van der Waals surface area contributed by atoms with Crippen LogP contribution in [0, 0.1) is 28.9 Å². The lowest BCUT2D eigenvalue weighted by atomic mass is 9.94. The first-order chi connectivity index (χ1) is 14.1. The molecule has 1 N–H and O–H groups in total. The number of nitrogens with zero attached hydrogens (tertiary/aromatic N) is 2. The van der Waals surface area contributed by atoms with Gasteiger partial charge in [0.1, 0.15) is 0 Å². The third-order valence-corrected chi connectivity index (χ3v) is 7.19. The van der Waals surface area contributed by atoms with Crippen molar-refractivity contribution < 1.29 is 18.1 Å². The number of sulfonamides is 1. The highest BCUT2D eigenvalue weighted by Crippen LogP contribution is 2.29. The van der Waals surface area contributed by atoms with Gasteiger partial charge in [-0.05, 0) is 48.9 Å². The van der Waals surface area contributed by atoms with Crippen LogP contribution < -0.4 is 5.32 Å². The Kier molecular flexibility index (Phi) is 6.23. The topological polar surface area (TPSA) is 110 Å². The summed E-state index contributed by atoms with van der Waals surface area (Å²) in [6.07, 6.45) is 0.983. The third kappa shape index (κ3) is 4.68. The number of carbonyl (C=O) groups excluding carboxylic acids is 1. The molecule has 2 atom stereocenters. The van der Waals surface area contributed by atoms with Gasteiger partial charge in [0.05, 0.1) is 9.82 Å². The normalized spacial score (nSPS) is 20.0. The fourth-order valence-electron chi connectivity index (χ4n) is 3.86. The smallest absolute Gasteiger partial charge is 0.271 e. The highest BCUT2D eigenvalue weighted by Gasteiger charge is 2.33. The Morgan fingerprint density at radius 2 is 1.80 bits per heavy atom. The average molecular weight is 432 g/mol. The molecular weight excluding hydrogens is 406 g/mol. The van der Waals surface area contributed by atoms with Crippen molar-refractivity contribution in [2.45, 2.75) is 32.1 Å². The standard InChI is InChI=1S/C21H25N3O5S/c1-14-9-15(2)13-23(12-14)30(28,29)20-10-17(8-7-16(20)3)21(25)22-18-5-4-6-19(11-18)24(26)27/h4-8,10-11,14-15H,9,12-13H2,1-3H3,(H,22,25)/t14-,15-/m0/s1. The molecule has 2 aromatic rings. The second kappa shape index (κ2) is 8.53. The maximum Gasteiger partial charge on any atom is 0.271 e. The molecule has 0 unspecified atom stereocenters. The minimum Gasteiger partial charge on any atom is -0.322 e. The second-order valence-corrected chi connectivity index (χ2v) is 9.92. The molecule has 160 valence electrons. The number of carbonyl (C=O) groups is 1. The van der Waals surface area contributed by atoms with E-state index < -0.39 is 20.9 Å². The van der Waals surface area contributed by atoms with Crippen molar-refractivity contribution in [3.63, 3.8) is 0 Å². The van der Waals surface area contributed by atoms with E-state index in [1.54, 1.807) is 19.1 Å². The molecule has 0 radical (unpaired) electrons. The van der Waals surface area contributed by atoms with Crippen molar-refractivity contribution >= 4 is 27.3 Å². The molecule has 1 amide bonds. The number of hydrogen-bond donors (Lipinski definition) is 1. The van der Waals surface area contributed by atoms with Crippen LogP contribution in [0.15, 0.2) is 47.4 Å². The van der Waals surface area contributed by atoms with E-state index in [1.807, 2.05) is 13.8 Å². The molecule has 1 saturated heterocycles. The van der Waals surface area contributed by atoms with E-state index in [0.717, 1.165) is 6.42 Å². The number of aryl methyl sites for hydroxylation is 1. The average Bonchev–Trinajstić information content (AvgIpc) is 2.67. The van der Waals surface area contributed by atoms with Gasteiger partial charge in [-0.25, -0.2) is 8.42 Å². The molecule has 1 aliphatic rings. The van der Waals surface area contributed by atoms with E-state index in [1.165, 1.54) is 34.6 Å². The van der Waals surface area contributed by atoms with Crippen LogP contribution in [0.4, 0.5) is 11.4 Å². The summed E-state index contributed by atoms with van der Waals surface area (Å²) in [5.41, 5.74) is 0.850. The predicted octanol–water partition coefficient (Wildman–Crippen LogP) is 3.82. The Balaban J connectivity index is 1.88. The van der Waals surface area contributed by atoms with Crippen molar-refractivity contribution in [3.05, 3.63) is 63.7 Å². The lowest BCUT2D eigenvalue weighted by Gasteiger charge is -2.34. The molecular formula is C21H25N3O5S. The Hall–Kier alpha value is -2.78. The largest absolute Gasteiger partial charge is 0.322 e. The van der Waals surface area contributed by atoms with Gasteiger partial charge in [0, 0.05) is 36.5 Å². The molecule has 8 nitrogen and oxygen atoms in total. The van der Waals surface area contributed by atoms with Crippen LogP contribution in [0.3, 0.4) is 0 Å². The molecule has 3 rings (SSSR count). The lowest BCUT2D eigenvalue weighted by molar-refractivity contribution is -0.384. The number of hydrogen-bond acceptors (Lipinski definition) is 5. The van der Waals surface area contributed by atoms with Crippen molar-refractivity contribution in [1.82, 2.24) is 4.31 Å². The summed E-state index contributed by atoms with van der Waals surface area (Å²) < 4.78 is 28.0. The van der Waals surface area contributed by atoms with Crippen LogP contribution in [0.5, 0.6) is 0 Å². The van der Waals surface area contributed by atoms with Gasteiger partial charge in [0.25, 0.3) is 11.6 Å². The number of rotatable bonds is 5. The van der Waals surface area contributed by atoms with Crippen LogP contribution in [0.25, 0.3) is 0 Å². The second-order valence-electron chi connectivity index (χ2n) is 8.01. The summed E-state index contributed by atoms with van der Waals surface area (Å²) in [5, 5.41) is 13.5. The summed E-state index contributed by atoms with van der Waals surface area (Å²) >= 11 is 0. The van der Waals surface area contributed by atoms with E-state index in [2.05, 4.69) is 5.32 Å². The maximum atomic E-state index is 13.3. The molecule has 30 heavy (non-hydrogen) atoms. The minimum atomic E-state index is -3.74. The first kappa shape index (κ1) is 21.9. The van der Waals surface area contributed by atoms with Crippen LogP contribution in [-0.4, -0.2) is 36.6 Å². The quantitative estimate of drug-likeness (QED) is 0.572. The zero-order valence-corrected chi connectivity index (χ0v) is 18.0. The van der Waals surface area contributed by atoms with Crippen LogP contribution >= 0.6 is 0 Å². The van der Waals surface area contributed by atoms with E-state index in [9.17, 15) is 23.3 Å². The molecule has 1 aliphatic heterocycles. The van der Waals surface area contributed by atoms with Gasteiger partial charge >= 0.3 is 0 Å². The lowest BCUT2D eigenvalue weighted by Crippen LogP contribution is -2.42. The number of anilines is 1. The summed E-state index contributed by atoms with van der Waals surface area (Å²) in [5.74, 6) is 0.000644. The van der Waals surface area contributed by atoms with Crippen molar-refractivity contribution in [1.29, 1.82) is 0 Å². The van der Waals surface area contributed by atoms with Gasteiger partial charge in [-0.1, -0.05) is 26.0 Å². The molecule has 2 aromatic carbocycles. The van der Waals surface area contributed by atoms with E-state index >= 15 is 0 Å².